The summed E-state index contributed by atoms with van der Waals surface area (Å²) >= 11 is 12.2. The predicted octanol–water partition coefficient (Wildman–Crippen LogP) is 4.31. The van der Waals surface area contributed by atoms with Gasteiger partial charge in [-0.25, -0.2) is 0 Å². The van der Waals surface area contributed by atoms with Crippen molar-refractivity contribution in [3.63, 3.8) is 0 Å². The van der Waals surface area contributed by atoms with E-state index >= 15 is 0 Å². The molecular formula is C9H6BrClOS2. The lowest BCUT2D eigenvalue weighted by atomic mass is 10.2. The lowest BCUT2D eigenvalue weighted by Gasteiger charge is -2.04. The number of aliphatic hydroxyl groups excluding tert-OH is 1. The molecule has 5 heteroatoms. The Balaban J connectivity index is 2.32. The zero-order valence-corrected chi connectivity index (χ0v) is 10.9. The van der Waals surface area contributed by atoms with Crippen molar-refractivity contribution in [2.24, 2.45) is 0 Å². The highest BCUT2D eigenvalue weighted by atomic mass is 79.9. The molecule has 0 amide bonds. The fourth-order valence-corrected chi connectivity index (χ4v) is 3.52. The molecule has 1 atom stereocenters. The minimum atomic E-state index is -0.560. The molecule has 2 aromatic heterocycles. The van der Waals surface area contributed by atoms with Crippen molar-refractivity contribution in [2.75, 3.05) is 0 Å². The van der Waals surface area contributed by atoms with Gasteiger partial charge in [-0.05, 0) is 44.4 Å². The molecule has 1 N–H and O–H groups in total. The van der Waals surface area contributed by atoms with Crippen molar-refractivity contribution in [3.05, 3.63) is 42.1 Å². The molecule has 0 aliphatic carbocycles. The van der Waals surface area contributed by atoms with Gasteiger partial charge in [-0.1, -0.05) is 11.6 Å². The van der Waals surface area contributed by atoms with Gasteiger partial charge in [-0.15, -0.1) is 11.3 Å². The van der Waals surface area contributed by atoms with Gasteiger partial charge in [0.25, 0.3) is 0 Å². The quantitative estimate of drug-likeness (QED) is 0.876. The second-order valence-corrected chi connectivity index (χ2v) is 6.05. The Morgan fingerprint density at radius 1 is 1.50 bits per heavy atom. The summed E-state index contributed by atoms with van der Waals surface area (Å²) in [7, 11) is 0. The number of halogens is 2. The van der Waals surface area contributed by atoms with Crippen LogP contribution in [0.25, 0.3) is 0 Å². The molecule has 2 aromatic rings. The van der Waals surface area contributed by atoms with E-state index in [1.807, 2.05) is 22.9 Å². The van der Waals surface area contributed by atoms with Gasteiger partial charge in [0.15, 0.2) is 0 Å². The molecule has 14 heavy (non-hydrogen) atoms. The summed E-state index contributed by atoms with van der Waals surface area (Å²) in [6, 6.07) is 3.77. The minimum Gasteiger partial charge on any atom is -0.383 e. The summed E-state index contributed by atoms with van der Waals surface area (Å²) in [6.45, 7) is 0. The molecule has 0 aliphatic heterocycles. The van der Waals surface area contributed by atoms with E-state index in [4.69, 9.17) is 11.6 Å². The van der Waals surface area contributed by atoms with Crippen molar-refractivity contribution < 1.29 is 5.11 Å². The van der Waals surface area contributed by atoms with E-state index in [-0.39, 0.29) is 0 Å². The van der Waals surface area contributed by atoms with E-state index in [1.54, 1.807) is 11.3 Å². The Morgan fingerprint density at radius 3 is 2.79 bits per heavy atom. The Morgan fingerprint density at radius 2 is 2.29 bits per heavy atom. The molecule has 0 fully saturated rings. The maximum Gasteiger partial charge on any atom is 0.114 e. The molecule has 0 saturated carbocycles. The van der Waals surface area contributed by atoms with Crippen LogP contribution in [0.3, 0.4) is 0 Å². The van der Waals surface area contributed by atoms with Crippen LogP contribution in [0.1, 0.15) is 16.5 Å². The number of aliphatic hydroxyl groups is 1. The van der Waals surface area contributed by atoms with Crippen LogP contribution < -0.4 is 0 Å². The fourth-order valence-electron chi connectivity index (χ4n) is 1.09. The van der Waals surface area contributed by atoms with Crippen LogP contribution in [0, 0.1) is 0 Å². The molecule has 2 heterocycles. The van der Waals surface area contributed by atoms with E-state index in [0.717, 1.165) is 14.9 Å². The Kier molecular flexibility index (Phi) is 3.29. The lowest BCUT2D eigenvalue weighted by molar-refractivity contribution is 0.224. The first-order chi connectivity index (χ1) is 6.68. The molecule has 0 bridgehead atoms. The van der Waals surface area contributed by atoms with Crippen LogP contribution in [0.15, 0.2) is 27.4 Å². The summed E-state index contributed by atoms with van der Waals surface area (Å²) in [4.78, 5) is 0.861. The van der Waals surface area contributed by atoms with Crippen LogP contribution in [0.2, 0.25) is 4.34 Å². The topological polar surface area (TPSA) is 20.2 Å². The maximum absolute atomic E-state index is 9.96. The molecule has 0 saturated heterocycles. The van der Waals surface area contributed by atoms with Crippen LogP contribution in [-0.2, 0) is 0 Å². The third-order valence-electron chi connectivity index (χ3n) is 1.79. The first-order valence-corrected chi connectivity index (χ1v) is 6.76. The van der Waals surface area contributed by atoms with E-state index in [0.29, 0.717) is 4.34 Å². The first-order valence-electron chi connectivity index (χ1n) is 3.83. The molecule has 1 unspecified atom stereocenters. The van der Waals surface area contributed by atoms with E-state index in [2.05, 4.69) is 15.9 Å². The van der Waals surface area contributed by atoms with Gasteiger partial charge in [-0.3, -0.25) is 0 Å². The average molecular weight is 310 g/mol. The zero-order chi connectivity index (χ0) is 10.1. The summed E-state index contributed by atoms with van der Waals surface area (Å²) in [5.41, 5.74) is 0.917. The van der Waals surface area contributed by atoms with Crippen molar-refractivity contribution in [1.82, 2.24) is 0 Å². The van der Waals surface area contributed by atoms with Gasteiger partial charge in [0.1, 0.15) is 10.4 Å². The van der Waals surface area contributed by atoms with Crippen LogP contribution in [-0.4, -0.2) is 5.11 Å². The van der Waals surface area contributed by atoms with Gasteiger partial charge in [0.2, 0.25) is 0 Å². The molecule has 0 radical (unpaired) electrons. The van der Waals surface area contributed by atoms with Gasteiger partial charge in [-0.2, -0.15) is 11.3 Å². The number of hydrogen-bond donors (Lipinski definition) is 1. The zero-order valence-electron chi connectivity index (χ0n) is 6.91. The highest BCUT2D eigenvalue weighted by molar-refractivity contribution is 9.10. The molecule has 0 aliphatic rings. The predicted molar refractivity (Wildman–Crippen MR) is 65.4 cm³/mol. The Bertz CT molecular complexity index is 404. The highest BCUT2D eigenvalue weighted by Crippen LogP contribution is 2.37. The van der Waals surface area contributed by atoms with Gasteiger partial charge < -0.3 is 5.11 Å². The summed E-state index contributed by atoms with van der Waals surface area (Å²) in [6.07, 6.45) is -0.560. The van der Waals surface area contributed by atoms with Gasteiger partial charge in [0.05, 0.1) is 0 Å². The van der Waals surface area contributed by atoms with Gasteiger partial charge >= 0.3 is 0 Å². The maximum atomic E-state index is 9.96. The van der Waals surface area contributed by atoms with Crippen LogP contribution >= 0.6 is 50.2 Å². The SMILES string of the molecule is OC(c1ccsc1)c1cc(Br)c(Cl)s1. The smallest absolute Gasteiger partial charge is 0.114 e. The second-order valence-electron chi connectivity index (χ2n) is 2.73. The average Bonchev–Trinajstić information content (AvgIpc) is 2.76. The fraction of sp³-hybridized carbons (Fsp3) is 0.111. The van der Waals surface area contributed by atoms with Crippen molar-refractivity contribution in [1.29, 1.82) is 0 Å². The molecule has 0 spiro atoms. The third-order valence-corrected chi connectivity index (χ3v) is 5.02. The number of hydrogen-bond acceptors (Lipinski definition) is 3. The summed E-state index contributed by atoms with van der Waals surface area (Å²) < 4.78 is 1.52. The Hall–Kier alpha value is 0.130. The standard InChI is InChI=1S/C9H6BrClOS2/c10-6-3-7(14-9(6)11)8(12)5-1-2-13-4-5/h1-4,8,12H. The molecule has 1 nitrogen and oxygen atoms in total. The van der Waals surface area contributed by atoms with E-state index < -0.39 is 6.10 Å². The van der Waals surface area contributed by atoms with Crippen LogP contribution in [0.5, 0.6) is 0 Å². The van der Waals surface area contributed by atoms with Crippen molar-refractivity contribution >= 4 is 50.2 Å². The third kappa shape index (κ3) is 2.04. The molecule has 0 aromatic carbocycles. The molecule has 2 rings (SSSR count). The largest absolute Gasteiger partial charge is 0.383 e. The number of thiophene rings is 2. The summed E-state index contributed by atoms with van der Waals surface area (Å²) in [5, 5.41) is 13.8. The highest BCUT2D eigenvalue weighted by Gasteiger charge is 2.15. The molecular weight excluding hydrogens is 304 g/mol. The minimum absolute atomic E-state index is 0.560. The summed E-state index contributed by atoms with van der Waals surface area (Å²) in [5.74, 6) is 0. The lowest BCUT2D eigenvalue weighted by Crippen LogP contribution is -1.93. The van der Waals surface area contributed by atoms with Crippen molar-refractivity contribution in [3.8, 4) is 0 Å². The van der Waals surface area contributed by atoms with E-state index in [1.165, 1.54) is 11.3 Å². The second kappa shape index (κ2) is 4.33. The monoisotopic (exact) mass is 308 g/mol. The normalized spacial score (nSPS) is 13.1. The first kappa shape index (κ1) is 10.6. The molecule has 74 valence electrons. The van der Waals surface area contributed by atoms with E-state index in [9.17, 15) is 5.11 Å². The van der Waals surface area contributed by atoms with Crippen molar-refractivity contribution in [2.45, 2.75) is 6.10 Å². The van der Waals surface area contributed by atoms with Gasteiger partial charge in [0, 0.05) is 9.35 Å². The van der Waals surface area contributed by atoms with Crippen LogP contribution in [0.4, 0.5) is 0 Å². The Labute approximate surface area is 103 Å². The number of rotatable bonds is 2.